The number of benzene rings is 2. The van der Waals surface area contributed by atoms with Gasteiger partial charge in [0.15, 0.2) is 0 Å². The number of nitrogens with zero attached hydrogens (tertiary/aromatic N) is 2. The van der Waals surface area contributed by atoms with Crippen LogP contribution in [0.4, 0.5) is 0 Å². The van der Waals surface area contributed by atoms with Crippen LogP contribution in [0.2, 0.25) is 10.0 Å². The molecule has 23 heavy (non-hydrogen) atoms. The van der Waals surface area contributed by atoms with Crippen LogP contribution in [0.15, 0.2) is 41.2 Å². The average Bonchev–Trinajstić information content (AvgIpc) is 2.50. The maximum absolute atomic E-state index is 13.1. The highest BCUT2D eigenvalue weighted by molar-refractivity contribution is 6.35. The van der Waals surface area contributed by atoms with E-state index in [0.29, 0.717) is 32.5 Å². The highest BCUT2D eigenvalue weighted by Gasteiger charge is 2.18. The fourth-order valence-electron chi connectivity index (χ4n) is 2.57. The largest absolute Gasteiger partial charge is 0.322 e. The normalized spacial score (nSPS) is 12.6. The van der Waals surface area contributed by atoms with Gasteiger partial charge in [-0.1, -0.05) is 35.3 Å². The fourth-order valence-corrected chi connectivity index (χ4v) is 2.99. The second-order valence-electron chi connectivity index (χ2n) is 5.47. The first-order chi connectivity index (χ1) is 10.9. The van der Waals surface area contributed by atoms with E-state index in [1.165, 1.54) is 4.57 Å². The van der Waals surface area contributed by atoms with Gasteiger partial charge in [0.2, 0.25) is 0 Å². The summed E-state index contributed by atoms with van der Waals surface area (Å²) in [4.78, 5) is 17.7. The van der Waals surface area contributed by atoms with Crippen molar-refractivity contribution in [1.82, 2.24) is 9.55 Å². The molecule has 2 aromatic carbocycles. The molecule has 0 amide bonds. The molecule has 1 atom stereocenters. The van der Waals surface area contributed by atoms with E-state index in [4.69, 9.17) is 28.9 Å². The predicted molar refractivity (Wildman–Crippen MR) is 94.7 cm³/mol. The van der Waals surface area contributed by atoms with Gasteiger partial charge in [0, 0.05) is 5.02 Å². The van der Waals surface area contributed by atoms with E-state index in [0.717, 1.165) is 5.56 Å². The van der Waals surface area contributed by atoms with Crippen LogP contribution in [0.3, 0.4) is 0 Å². The molecular weight excluding hydrogens is 333 g/mol. The summed E-state index contributed by atoms with van der Waals surface area (Å²) in [6, 6.07) is 10.1. The van der Waals surface area contributed by atoms with Crippen LogP contribution in [-0.2, 0) is 0 Å². The van der Waals surface area contributed by atoms with Crippen molar-refractivity contribution in [2.24, 2.45) is 5.73 Å². The minimum Gasteiger partial charge on any atom is -0.322 e. The van der Waals surface area contributed by atoms with Gasteiger partial charge < -0.3 is 5.73 Å². The second-order valence-corrected chi connectivity index (χ2v) is 6.31. The Morgan fingerprint density at radius 3 is 2.61 bits per heavy atom. The van der Waals surface area contributed by atoms with Gasteiger partial charge in [-0.05, 0) is 43.7 Å². The van der Waals surface area contributed by atoms with Crippen molar-refractivity contribution in [3.05, 3.63) is 68.2 Å². The van der Waals surface area contributed by atoms with Crippen LogP contribution >= 0.6 is 23.2 Å². The predicted octanol–water partition coefficient (Wildman–Crippen LogP) is 4.02. The lowest BCUT2D eigenvalue weighted by Gasteiger charge is -2.17. The standard InChI is InChI=1S/C17H15Cl2N3O/c1-9-6-7-13(19)14-15(9)21-16(10(2)20)22(17(14)23)12-5-3-4-11(18)8-12/h3-8,10H,20H2,1-2H3/t10-/m0/s1. The average molecular weight is 348 g/mol. The molecule has 0 spiro atoms. The summed E-state index contributed by atoms with van der Waals surface area (Å²) in [5.41, 5.74) is 7.86. The molecule has 0 saturated heterocycles. The number of fused-ring (bicyclic) bond motifs is 1. The lowest BCUT2D eigenvalue weighted by molar-refractivity contribution is 0.696. The van der Waals surface area contributed by atoms with Gasteiger partial charge in [0.25, 0.3) is 5.56 Å². The molecule has 1 heterocycles. The van der Waals surface area contributed by atoms with Crippen molar-refractivity contribution in [3.8, 4) is 5.69 Å². The maximum Gasteiger partial charge on any atom is 0.267 e. The minimum absolute atomic E-state index is 0.252. The topological polar surface area (TPSA) is 60.9 Å². The highest BCUT2D eigenvalue weighted by atomic mass is 35.5. The Morgan fingerprint density at radius 2 is 1.96 bits per heavy atom. The molecule has 0 radical (unpaired) electrons. The van der Waals surface area contributed by atoms with Gasteiger partial charge in [0.05, 0.1) is 27.7 Å². The zero-order valence-electron chi connectivity index (χ0n) is 12.7. The fraction of sp³-hybridized carbons (Fsp3) is 0.176. The van der Waals surface area contributed by atoms with Gasteiger partial charge in [-0.25, -0.2) is 4.98 Å². The summed E-state index contributed by atoms with van der Waals surface area (Å²) in [7, 11) is 0. The zero-order chi connectivity index (χ0) is 16.7. The molecule has 0 bridgehead atoms. The summed E-state index contributed by atoms with van der Waals surface area (Å²) in [5.74, 6) is 0.468. The van der Waals surface area contributed by atoms with E-state index in [-0.39, 0.29) is 5.56 Å². The van der Waals surface area contributed by atoms with Gasteiger partial charge in [-0.15, -0.1) is 0 Å². The number of hydrogen-bond donors (Lipinski definition) is 1. The van der Waals surface area contributed by atoms with Crippen molar-refractivity contribution in [3.63, 3.8) is 0 Å². The van der Waals surface area contributed by atoms with E-state index in [1.54, 1.807) is 37.3 Å². The smallest absolute Gasteiger partial charge is 0.267 e. The molecule has 2 N–H and O–H groups in total. The number of halogens is 2. The number of hydrogen-bond acceptors (Lipinski definition) is 3. The van der Waals surface area contributed by atoms with Gasteiger partial charge >= 0.3 is 0 Å². The molecule has 0 aliphatic carbocycles. The van der Waals surface area contributed by atoms with Crippen LogP contribution < -0.4 is 11.3 Å². The van der Waals surface area contributed by atoms with Crippen LogP contribution in [0.5, 0.6) is 0 Å². The summed E-state index contributed by atoms with van der Waals surface area (Å²) < 4.78 is 1.48. The third-order valence-corrected chi connectivity index (χ3v) is 4.22. The molecule has 0 fully saturated rings. The summed E-state index contributed by atoms with van der Waals surface area (Å²) in [6.07, 6.45) is 0. The minimum atomic E-state index is -0.426. The first kappa shape index (κ1) is 16.0. The van der Waals surface area contributed by atoms with Crippen LogP contribution in [0.25, 0.3) is 16.6 Å². The molecular formula is C17H15Cl2N3O. The van der Waals surface area contributed by atoms with Crippen molar-refractivity contribution in [2.75, 3.05) is 0 Å². The Kier molecular flexibility index (Phi) is 4.15. The Balaban J connectivity index is 2.50. The Morgan fingerprint density at radius 1 is 1.22 bits per heavy atom. The molecule has 6 heteroatoms. The van der Waals surface area contributed by atoms with Crippen LogP contribution in [0.1, 0.15) is 24.4 Å². The lowest BCUT2D eigenvalue weighted by atomic mass is 10.1. The van der Waals surface area contributed by atoms with E-state index in [1.807, 2.05) is 13.0 Å². The van der Waals surface area contributed by atoms with Crippen molar-refractivity contribution in [2.45, 2.75) is 19.9 Å². The summed E-state index contributed by atoms with van der Waals surface area (Å²) in [6.45, 7) is 3.67. The van der Waals surface area contributed by atoms with Crippen molar-refractivity contribution < 1.29 is 0 Å². The SMILES string of the molecule is Cc1ccc(Cl)c2c(=O)n(-c3cccc(Cl)c3)c([C@H](C)N)nc12. The summed E-state index contributed by atoms with van der Waals surface area (Å²) in [5, 5.41) is 1.28. The number of aromatic nitrogens is 2. The first-order valence-electron chi connectivity index (χ1n) is 7.13. The lowest BCUT2D eigenvalue weighted by Crippen LogP contribution is -2.27. The molecule has 0 saturated carbocycles. The van der Waals surface area contributed by atoms with E-state index < -0.39 is 6.04 Å². The molecule has 1 aromatic heterocycles. The Hall–Kier alpha value is -1.88. The Labute approximate surface area is 143 Å². The van der Waals surface area contributed by atoms with Crippen LogP contribution in [-0.4, -0.2) is 9.55 Å². The summed E-state index contributed by atoms with van der Waals surface area (Å²) >= 11 is 12.3. The molecule has 3 rings (SSSR count). The highest BCUT2D eigenvalue weighted by Crippen LogP contribution is 2.25. The van der Waals surface area contributed by atoms with Crippen molar-refractivity contribution in [1.29, 1.82) is 0 Å². The quantitative estimate of drug-likeness (QED) is 0.761. The molecule has 118 valence electrons. The van der Waals surface area contributed by atoms with Crippen LogP contribution in [0, 0.1) is 6.92 Å². The third-order valence-electron chi connectivity index (χ3n) is 3.67. The first-order valence-corrected chi connectivity index (χ1v) is 7.89. The monoisotopic (exact) mass is 347 g/mol. The maximum atomic E-state index is 13.1. The van der Waals surface area contributed by atoms with Gasteiger partial charge in [-0.3, -0.25) is 9.36 Å². The molecule has 4 nitrogen and oxygen atoms in total. The van der Waals surface area contributed by atoms with E-state index in [2.05, 4.69) is 4.98 Å². The molecule has 3 aromatic rings. The molecule has 0 aliphatic rings. The van der Waals surface area contributed by atoms with E-state index in [9.17, 15) is 4.79 Å². The van der Waals surface area contributed by atoms with Gasteiger partial charge in [0.1, 0.15) is 5.82 Å². The zero-order valence-corrected chi connectivity index (χ0v) is 14.2. The number of aryl methyl sites for hydroxylation is 1. The molecule has 0 unspecified atom stereocenters. The van der Waals surface area contributed by atoms with Gasteiger partial charge in [-0.2, -0.15) is 0 Å². The molecule has 0 aliphatic heterocycles. The number of rotatable bonds is 2. The van der Waals surface area contributed by atoms with E-state index >= 15 is 0 Å². The third kappa shape index (κ3) is 2.74. The van der Waals surface area contributed by atoms with Crippen molar-refractivity contribution >= 4 is 34.1 Å². The Bertz CT molecular complexity index is 964. The second kappa shape index (κ2) is 5.96. The number of nitrogens with two attached hydrogens (primary N) is 1.